The van der Waals surface area contributed by atoms with Gasteiger partial charge in [-0.2, -0.15) is 0 Å². The fourth-order valence-electron chi connectivity index (χ4n) is 7.38. The molecule has 3 N–H and O–H groups in total. The number of hydrogen-bond donors (Lipinski definition) is 2. The molecule has 0 spiro atoms. The minimum atomic E-state index is -1.37. The number of aromatic nitrogens is 1. The zero-order valence-electron chi connectivity index (χ0n) is 35.0. The van der Waals surface area contributed by atoms with Crippen molar-refractivity contribution in [3.8, 4) is 11.1 Å². The normalized spacial score (nSPS) is 10.3. The number of pyridine rings is 1. The average molecular weight is 953 g/mol. The molecule has 0 saturated heterocycles. The van der Waals surface area contributed by atoms with Crippen molar-refractivity contribution in [3.63, 3.8) is 0 Å². The third kappa shape index (κ3) is 12.9. The van der Waals surface area contributed by atoms with E-state index in [4.69, 9.17) is 25.5 Å². The van der Waals surface area contributed by atoms with Crippen molar-refractivity contribution in [1.82, 2.24) is 4.98 Å². The molecule has 9 heteroatoms. The van der Waals surface area contributed by atoms with Crippen molar-refractivity contribution >= 4 is 81.2 Å². The Balaban J connectivity index is 0.000000376. The van der Waals surface area contributed by atoms with Crippen LogP contribution in [0.4, 0.5) is 0 Å². The quantitative estimate of drug-likeness (QED) is 0.116. The number of nitrogens with one attached hydrogen (secondary N) is 1. The number of fused-ring (bicyclic) bond motifs is 2. The third-order valence-electron chi connectivity index (χ3n) is 9.80. The predicted molar refractivity (Wildman–Crippen MR) is 266 cm³/mol. The third-order valence-corrected chi connectivity index (χ3v) is 15.4. The van der Waals surface area contributed by atoms with Gasteiger partial charge >= 0.3 is 19.5 Å². The zero-order chi connectivity index (χ0) is 43.7. The average Bonchev–Trinajstić information content (AvgIpc) is 3.31. The summed E-state index contributed by atoms with van der Waals surface area (Å²) in [4.78, 5) is 21.9. The van der Waals surface area contributed by atoms with E-state index in [0.717, 1.165) is 19.5 Å². The van der Waals surface area contributed by atoms with E-state index >= 15 is 0 Å². The smallest absolute Gasteiger partial charge is 0.672 e. The summed E-state index contributed by atoms with van der Waals surface area (Å²) in [5.41, 5.74) is 10.5. The van der Waals surface area contributed by atoms with Crippen LogP contribution in [0.2, 0.25) is 0 Å². The number of nitrogens with zero attached hydrogens (tertiary/aromatic N) is 1. The molecule has 8 aromatic carbocycles. The van der Waals surface area contributed by atoms with Crippen molar-refractivity contribution in [3.05, 3.63) is 230 Å². The van der Waals surface area contributed by atoms with Gasteiger partial charge in [-0.05, 0) is 94.3 Å². The van der Waals surface area contributed by atoms with Crippen LogP contribution in [0.15, 0.2) is 219 Å². The van der Waals surface area contributed by atoms with Crippen molar-refractivity contribution in [1.29, 1.82) is 0 Å². The number of carboxylic acids is 2. The molecule has 315 valence electrons. The maximum Gasteiger partial charge on any atom is 1.00 e. The summed E-state index contributed by atoms with van der Waals surface area (Å²) in [5.74, 6) is -1.67. The molecule has 1 aromatic heterocycles. The van der Waals surface area contributed by atoms with Gasteiger partial charge in [0.05, 0.1) is 15.8 Å². The molecule has 0 bridgehead atoms. The van der Waals surface area contributed by atoms with Gasteiger partial charge in [0.15, 0.2) is 0 Å². The second-order valence-corrected chi connectivity index (χ2v) is 19.1. The number of rotatable bonds is 8. The van der Waals surface area contributed by atoms with E-state index in [1.54, 1.807) is 6.20 Å². The summed E-state index contributed by atoms with van der Waals surface area (Å²) in [6, 6.07) is 77.8. The maximum absolute atomic E-state index is 9.00. The molecule has 0 saturated carbocycles. The molecule has 1 heterocycles. The summed E-state index contributed by atoms with van der Waals surface area (Å²) >= 11 is 0. The molecule has 0 aliphatic carbocycles. The van der Waals surface area contributed by atoms with Crippen molar-refractivity contribution < 1.29 is 39.3 Å². The van der Waals surface area contributed by atoms with E-state index in [1.807, 2.05) is 18.2 Å². The molecule has 1 radical (unpaired) electrons. The number of carbonyl (C=O) groups is 2. The zero-order valence-corrected chi connectivity index (χ0v) is 38.7. The van der Waals surface area contributed by atoms with E-state index < -0.39 is 27.8 Å². The van der Waals surface area contributed by atoms with Crippen LogP contribution in [-0.2, 0) is 35.6 Å². The van der Waals surface area contributed by atoms with Crippen molar-refractivity contribution in [2.24, 2.45) is 0 Å². The summed E-state index contributed by atoms with van der Waals surface area (Å²) < 4.78 is 0. The molecular formula is C54H49N2O4P2Ru+2. The second-order valence-electron chi connectivity index (χ2n) is 14.2. The van der Waals surface area contributed by atoms with E-state index in [-0.39, 0.29) is 26.0 Å². The number of carboxylic acid groups (broad SMARTS) is 2. The fourth-order valence-corrected chi connectivity index (χ4v) is 12.9. The molecule has 0 amide bonds. The van der Waals surface area contributed by atoms with Crippen LogP contribution in [0.3, 0.4) is 0 Å². The SMILES string of the molecule is CC(=O)O.CC(=O)O.[NH-]Cc1ccccn1.[Ru+].c1ccc([PH+](c2ccccc2)c2ccc3ccccc3c2-c2c([PH+](c3ccccc3)c3ccccc3)ccc3ccccc23)cc1. The topological polar surface area (TPSA) is 111 Å². The van der Waals surface area contributed by atoms with Gasteiger partial charge in [0.2, 0.25) is 0 Å². The summed E-state index contributed by atoms with van der Waals surface area (Å²) in [6.07, 6.45) is 1.70. The molecule has 9 aromatic rings. The molecule has 0 aliphatic rings. The first kappa shape index (κ1) is 47.9. The van der Waals surface area contributed by atoms with Gasteiger partial charge in [-0.1, -0.05) is 140 Å². The Morgan fingerprint density at radius 1 is 0.444 bits per heavy atom. The fraction of sp³-hybridized carbons (Fsp3) is 0.0556. The Morgan fingerprint density at radius 2 is 0.746 bits per heavy atom. The predicted octanol–water partition coefficient (Wildman–Crippen LogP) is 10.5. The van der Waals surface area contributed by atoms with Crippen LogP contribution in [-0.4, -0.2) is 27.1 Å². The Bertz CT molecular complexity index is 2560. The standard InChI is InChI=1S/C44H32P2.C6H7N2.2C2H4O2.Ru/c1-5-19-35(20-6-1)45(36-21-7-2-8-22-36)41-31-29-33-17-13-15-27-39(33)43(41)44-40-28-16-14-18-34(40)30-32-42(44)46(37-23-9-3-10-24-37)38-25-11-4-12-26-38;7-5-6-3-1-2-4-8-6;2*1-2(3)4;/h1-32H;1-4,7H,5H2;2*1H3,(H,3,4);/q;-1;;;+1/p+2. The minimum absolute atomic E-state index is 0. The van der Waals surface area contributed by atoms with E-state index in [1.165, 1.54) is 64.5 Å². The van der Waals surface area contributed by atoms with Crippen molar-refractivity contribution in [2.45, 2.75) is 20.4 Å². The minimum Gasteiger partial charge on any atom is -0.672 e. The van der Waals surface area contributed by atoms with Crippen molar-refractivity contribution in [2.75, 3.05) is 0 Å². The van der Waals surface area contributed by atoms with E-state index in [9.17, 15) is 0 Å². The van der Waals surface area contributed by atoms with E-state index in [0.29, 0.717) is 0 Å². The van der Waals surface area contributed by atoms with Crippen LogP contribution in [0, 0.1) is 0 Å². The van der Waals surface area contributed by atoms with Crippen LogP contribution < -0.4 is 31.8 Å². The monoisotopic (exact) mass is 953 g/mol. The molecule has 0 atom stereocenters. The Kier molecular flexibility index (Phi) is 18.6. The van der Waals surface area contributed by atoms with E-state index in [2.05, 4.69) is 199 Å². The maximum atomic E-state index is 9.00. The number of benzene rings is 8. The number of hydrogen-bond acceptors (Lipinski definition) is 3. The van der Waals surface area contributed by atoms with Gasteiger partial charge in [0.25, 0.3) is 11.9 Å². The summed E-state index contributed by atoms with van der Waals surface area (Å²) in [5, 5.41) is 28.5. The largest absolute Gasteiger partial charge is 1.00 e. The molecule has 0 aliphatic heterocycles. The van der Waals surface area contributed by atoms with Crippen LogP contribution >= 0.6 is 15.8 Å². The Hall–Kier alpha value is -6.19. The Labute approximate surface area is 384 Å². The molecule has 0 fully saturated rings. The Morgan fingerprint density at radius 3 is 1.03 bits per heavy atom. The van der Waals surface area contributed by atoms with Crippen LogP contribution in [0.25, 0.3) is 38.4 Å². The van der Waals surface area contributed by atoms with Crippen LogP contribution in [0.1, 0.15) is 19.5 Å². The first-order valence-corrected chi connectivity index (χ1v) is 23.2. The van der Waals surface area contributed by atoms with Gasteiger partial charge in [-0.3, -0.25) is 14.6 Å². The van der Waals surface area contributed by atoms with Gasteiger partial charge in [-0.25, -0.2) is 0 Å². The summed E-state index contributed by atoms with van der Waals surface area (Å²) in [7, 11) is -2.74. The molecular weight excluding hydrogens is 904 g/mol. The molecule has 63 heavy (non-hydrogen) atoms. The molecule has 9 rings (SSSR count). The summed E-state index contributed by atoms with van der Waals surface area (Å²) in [6.45, 7) is 2.45. The van der Waals surface area contributed by atoms with Crippen LogP contribution in [0.5, 0.6) is 0 Å². The second kappa shape index (κ2) is 24.5. The first-order valence-electron chi connectivity index (χ1n) is 20.2. The first-order chi connectivity index (χ1) is 30.3. The van der Waals surface area contributed by atoms with Gasteiger partial charge < -0.3 is 15.9 Å². The van der Waals surface area contributed by atoms with Gasteiger partial charge in [-0.15, -0.1) is 6.54 Å². The molecule has 0 unspecified atom stereocenters. The van der Waals surface area contributed by atoms with Gasteiger partial charge in [0.1, 0.15) is 31.8 Å². The molecule has 6 nitrogen and oxygen atoms in total. The van der Waals surface area contributed by atoms with Gasteiger partial charge in [0, 0.05) is 36.9 Å². The number of aliphatic carboxylic acids is 2.